The van der Waals surface area contributed by atoms with E-state index in [4.69, 9.17) is 4.98 Å². The van der Waals surface area contributed by atoms with Crippen LogP contribution in [0.3, 0.4) is 0 Å². The average Bonchev–Trinajstić information content (AvgIpc) is 3.40. The van der Waals surface area contributed by atoms with E-state index in [1.54, 1.807) is 0 Å². The number of aromatic nitrogens is 3. The van der Waals surface area contributed by atoms with E-state index < -0.39 is 5.41 Å². The molecule has 3 aromatic heterocycles. The van der Waals surface area contributed by atoms with Gasteiger partial charge >= 0.3 is 0 Å². The molecule has 0 fully saturated rings. The maximum atomic E-state index is 4.99. The van der Waals surface area contributed by atoms with Crippen LogP contribution >= 0.6 is 0 Å². The van der Waals surface area contributed by atoms with Crippen LogP contribution in [-0.2, 0) is 5.41 Å². The van der Waals surface area contributed by atoms with Crippen molar-refractivity contribution in [3.63, 3.8) is 0 Å². The van der Waals surface area contributed by atoms with E-state index >= 15 is 0 Å². The summed E-state index contributed by atoms with van der Waals surface area (Å²) in [6.07, 6.45) is 9.34. The topological polar surface area (TPSA) is 38.7 Å². The van der Waals surface area contributed by atoms with E-state index in [2.05, 4.69) is 138 Å². The summed E-state index contributed by atoms with van der Waals surface area (Å²) in [6, 6.07) is 46.3. The summed E-state index contributed by atoms with van der Waals surface area (Å²) in [5, 5.41) is 5.16. The van der Waals surface area contributed by atoms with Gasteiger partial charge in [0.05, 0.1) is 11.1 Å². The molecule has 5 aromatic carbocycles. The number of hydrogen-bond donors (Lipinski definition) is 0. The van der Waals surface area contributed by atoms with Crippen LogP contribution in [0.1, 0.15) is 23.7 Å². The molecule has 0 N–H and O–H groups in total. The van der Waals surface area contributed by atoms with Crippen molar-refractivity contribution in [3.05, 3.63) is 175 Å². The molecule has 46 heavy (non-hydrogen) atoms. The Morgan fingerprint density at radius 2 is 0.848 bits per heavy atom. The molecule has 1 aliphatic rings. The molecule has 1 aliphatic carbocycles. The first-order chi connectivity index (χ1) is 22.7. The van der Waals surface area contributed by atoms with Gasteiger partial charge in [0.25, 0.3) is 0 Å². The maximum absolute atomic E-state index is 4.99. The quantitative estimate of drug-likeness (QED) is 0.188. The molecular formula is C43H29N3. The second-order valence-electron chi connectivity index (χ2n) is 12.3. The van der Waals surface area contributed by atoms with Crippen LogP contribution in [0.5, 0.6) is 0 Å². The minimum Gasteiger partial charge on any atom is -0.265 e. The van der Waals surface area contributed by atoms with Gasteiger partial charge in [0.15, 0.2) is 0 Å². The normalized spacial score (nSPS) is 15.2. The first kappa shape index (κ1) is 26.5. The van der Waals surface area contributed by atoms with Crippen molar-refractivity contribution in [1.29, 1.82) is 0 Å². The first-order valence-corrected chi connectivity index (χ1v) is 15.7. The Kier molecular flexibility index (Phi) is 5.94. The summed E-state index contributed by atoms with van der Waals surface area (Å²) < 4.78 is 0. The third-order valence-electron chi connectivity index (χ3n) is 9.69. The van der Waals surface area contributed by atoms with Crippen molar-refractivity contribution in [2.75, 3.05) is 0 Å². The zero-order chi connectivity index (χ0) is 30.7. The average molecular weight is 588 g/mol. The third-order valence-corrected chi connectivity index (χ3v) is 9.69. The molecule has 9 rings (SSSR count). The minimum atomic E-state index is -0.432. The summed E-state index contributed by atoms with van der Waals surface area (Å²) in [5.74, 6) is 0. The Morgan fingerprint density at radius 3 is 1.37 bits per heavy atom. The zero-order valence-corrected chi connectivity index (χ0v) is 25.4. The van der Waals surface area contributed by atoms with E-state index in [9.17, 15) is 0 Å². The molecule has 0 saturated heterocycles. The lowest BCUT2D eigenvalue weighted by Crippen LogP contribution is -2.24. The summed E-state index contributed by atoms with van der Waals surface area (Å²) in [6.45, 7) is 2.35. The summed E-state index contributed by atoms with van der Waals surface area (Å²) in [4.78, 5) is 13.5. The molecule has 0 aliphatic heterocycles. The fourth-order valence-electron chi connectivity index (χ4n) is 7.38. The Hall–Kier alpha value is -5.93. The molecule has 3 heteroatoms. The third kappa shape index (κ3) is 4.09. The van der Waals surface area contributed by atoms with Crippen LogP contribution in [0.15, 0.2) is 158 Å². The van der Waals surface area contributed by atoms with E-state index in [-0.39, 0.29) is 0 Å². The van der Waals surface area contributed by atoms with Gasteiger partial charge in [0, 0.05) is 31.0 Å². The Balaban J connectivity index is 1.32. The molecule has 1 unspecified atom stereocenters. The largest absolute Gasteiger partial charge is 0.265 e. The van der Waals surface area contributed by atoms with Crippen molar-refractivity contribution in [2.24, 2.45) is 0 Å². The molecule has 3 nitrogen and oxygen atoms in total. The monoisotopic (exact) mass is 587 g/mol. The minimum absolute atomic E-state index is 0.432. The lowest BCUT2D eigenvalue weighted by Gasteiger charge is -2.28. The Labute approximate surface area is 267 Å². The molecule has 0 amide bonds. The molecule has 216 valence electrons. The van der Waals surface area contributed by atoms with Crippen molar-refractivity contribution >= 4 is 21.5 Å². The van der Waals surface area contributed by atoms with Crippen molar-refractivity contribution < 1.29 is 0 Å². The van der Waals surface area contributed by atoms with Crippen LogP contribution in [0.4, 0.5) is 0 Å². The highest BCUT2D eigenvalue weighted by atomic mass is 14.7. The lowest BCUT2D eigenvalue weighted by atomic mass is 9.75. The van der Waals surface area contributed by atoms with Gasteiger partial charge in [-0.25, -0.2) is 0 Å². The van der Waals surface area contributed by atoms with E-state index in [0.29, 0.717) is 0 Å². The second kappa shape index (κ2) is 10.3. The van der Waals surface area contributed by atoms with Crippen molar-refractivity contribution in [1.82, 2.24) is 15.0 Å². The number of rotatable bonds is 5. The fourth-order valence-corrected chi connectivity index (χ4v) is 7.38. The fraction of sp³-hybridized carbons (Fsp3) is 0.0465. The van der Waals surface area contributed by atoms with Gasteiger partial charge in [-0.1, -0.05) is 48.5 Å². The molecule has 3 heterocycles. The van der Waals surface area contributed by atoms with Gasteiger partial charge in [-0.3, -0.25) is 15.0 Å². The highest BCUT2D eigenvalue weighted by Crippen LogP contribution is 2.54. The lowest BCUT2D eigenvalue weighted by molar-refractivity contribution is 0.687. The van der Waals surface area contributed by atoms with Crippen LogP contribution < -0.4 is 0 Å². The molecule has 0 saturated carbocycles. The predicted octanol–water partition coefficient (Wildman–Crippen LogP) is 10.5. The molecular weight excluding hydrogens is 558 g/mol. The number of benzene rings is 5. The van der Waals surface area contributed by atoms with Gasteiger partial charge in [-0.2, -0.15) is 0 Å². The maximum Gasteiger partial charge on any atom is 0.0608 e. The van der Waals surface area contributed by atoms with Crippen LogP contribution in [0.25, 0.3) is 66.1 Å². The number of hydrogen-bond acceptors (Lipinski definition) is 3. The van der Waals surface area contributed by atoms with E-state index in [1.807, 2.05) is 37.1 Å². The van der Waals surface area contributed by atoms with Crippen LogP contribution in [-0.4, -0.2) is 15.0 Å². The smallest absolute Gasteiger partial charge is 0.0608 e. The molecule has 8 aromatic rings. The highest BCUT2D eigenvalue weighted by Gasteiger charge is 2.41. The SMILES string of the molecule is CC1(c2ccccn2)c2cc(-c3ccccc3)cc3ccc4cc(-c5cc(-c6ccncc6)cc(-c6ccncc6)c5)cc1c4c23. The van der Waals surface area contributed by atoms with Crippen molar-refractivity contribution in [2.45, 2.75) is 12.3 Å². The standard InChI is InChI=1S/C43H29N3/c1-43(40-9-5-6-16-46-40)38-26-36(28-7-3-2-4-8-28)21-31-10-11-32-22-37(27-39(43)42(32)41(31)38)35-24-33(29-12-17-44-18-13-29)23-34(25-35)30-14-19-45-20-15-30/h2-27H,1H3. The number of pyridine rings is 3. The molecule has 1 atom stereocenters. The van der Waals surface area contributed by atoms with Gasteiger partial charge in [-0.05, 0) is 163 Å². The molecule has 0 bridgehead atoms. The van der Waals surface area contributed by atoms with Gasteiger partial charge in [0.1, 0.15) is 0 Å². The first-order valence-electron chi connectivity index (χ1n) is 15.7. The second-order valence-corrected chi connectivity index (χ2v) is 12.3. The van der Waals surface area contributed by atoms with Crippen molar-refractivity contribution in [3.8, 4) is 44.5 Å². The molecule has 0 spiro atoms. The highest BCUT2D eigenvalue weighted by molar-refractivity contribution is 6.17. The predicted molar refractivity (Wildman–Crippen MR) is 189 cm³/mol. The van der Waals surface area contributed by atoms with E-state index in [0.717, 1.165) is 27.9 Å². The summed E-state index contributed by atoms with van der Waals surface area (Å²) in [5.41, 5.74) is 12.6. The summed E-state index contributed by atoms with van der Waals surface area (Å²) >= 11 is 0. The molecule has 0 radical (unpaired) electrons. The number of nitrogens with zero attached hydrogens (tertiary/aromatic N) is 3. The van der Waals surface area contributed by atoms with Gasteiger partial charge < -0.3 is 0 Å². The van der Waals surface area contributed by atoms with Crippen LogP contribution in [0.2, 0.25) is 0 Å². The Morgan fingerprint density at radius 1 is 0.391 bits per heavy atom. The van der Waals surface area contributed by atoms with E-state index in [1.165, 1.54) is 54.9 Å². The zero-order valence-electron chi connectivity index (χ0n) is 25.4. The van der Waals surface area contributed by atoms with Gasteiger partial charge in [-0.15, -0.1) is 0 Å². The van der Waals surface area contributed by atoms with Gasteiger partial charge in [0.2, 0.25) is 0 Å². The Bertz CT molecular complexity index is 2350. The van der Waals surface area contributed by atoms with Crippen LogP contribution in [0, 0.1) is 0 Å². The summed E-state index contributed by atoms with van der Waals surface area (Å²) in [7, 11) is 0.